The summed E-state index contributed by atoms with van der Waals surface area (Å²) >= 11 is 0. The predicted octanol–water partition coefficient (Wildman–Crippen LogP) is 1.18. The minimum atomic E-state index is -0.152. The van der Waals surface area contributed by atoms with E-state index in [0.29, 0.717) is 5.69 Å². The van der Waals surface area contributed by atoms with E-state index in [1.807, 2.05) is 0 Å². The van der Waals surface area contributed by atoms with E-state index in [9.17, 15) is 4.79 Å². The molecular weight excluding hydrogens is 280 g/mol. The Kier molecular flexibility index (Phi) is 3.22. The van der Waals surface area contributed by atoms with Crippen molar-refractivity contribution in [1.82, 2.24) is 24.6 Å². The third-order valence-corrected chi connectivity index (χ3v) is 4.55. The van der Waals surface area contributed by atoms with E-state index in [1.165, 1.54) is 6.42 Å². The number of aromatic amines is 1. The van der Waals surface area contributed by atoms with Gasteiger partial charge < -0.3 is 14.8 Å². The average molecular weight is 300 g/mol. The van der Waals surface area contributed by atoms with Crippen LogP contribution in [0.2, 0.25) is 0 Å². The number of nitrogens with zero attached hydrogens (tertiary/aromatic N) is 4. The Balaban J connectivity index is 1.58. The van der Waals surface area contributed by atoms with E-state index in [2.05, 4.69) is 37.0 Å². The first kappa shape index (κ1) is 13.5. The number of aromatic nitrogens is 4. The van der Waals surface area contributed by atoms with E-state index in [1.54, 1.807) is 6.20 Å². The Morgan fingerprint density at radius 2 is 2.23 bits per heavy atom. The first-order valence-electron chi connectivity index (χ1n) is 7.83. The van der Waals surface area contributed by atoms with Crippen LogP contribution in [0.1, 0.15) is 40.4 Å². The topological polar surface area (TPSA) is 78.8 Å². The Morgan fingerprint density at radius 1 is 1.32 bits per heavy atom. The normalized spacial score (nSPS) is 17.9. The molecule has 0 saturated carbocycles. The van der Waals surface area contributed by atoms with Crippen LogP contribution in [0.5, 0.6) is 0 Å². The summed E-state index contributed by atoms with van der Waals surface area (Å²) < 4.78 is 2.10. The van der Waals surface area contributed by atoms with E-state index in [4.69, 9.17) is 0 Å². The molecule has 7 nitrogen and oxygen atoms in total. The van der Waals surface area contributed by atoms with Gasteiger partial charge in [0.25, 0.3) is 5.91 Å². The van der Waals surface area contributed by atoms with Gasteiger partial charge >= 0.3 is 0 Å². The smallest absolute Gasteiger partial charge is 0.277 e. The van der Waals surface area contributed by atoms with E-state index < -0.39 is 0 Å². The van der Waals surface area contributed by atoms with Crippen molar-refractivity contribution in [3.8, 4) is 0 Å². The summed E-state index contributed by atoms with van der Waals surface area (Å²) in [6.45, 7) is 2.68. The van der Waals surface area contributed by atoms with Crippen LogP contribution in [-0.4, -0.2) is 44.1 Å². The van der Waals surface area contributed by atoms with Crippen LogP contribution in [0.15, 0.2) is 6.20 Å². The maximum Gasteiger partial charge on any atom is 0.277 e. The molecule has 2 aromatic rings. The Labute approximate surface area is 128 Å². The summed E-state index contributed by atoms with van der Waals surface area (Å²) in [4.78, 5) is 19.2. The summed E-state index contributed by atoms with van der Waals surface area (Å²) in [5.41, 5.74) is 2.61. The Hall–Kier alpha value is -2.15. The number of hydrogen-bond donors (Lipinski definition) is 2. The molecule has 2 aromatic heterocycles. The van der Waals surface area contributed by atoms with E-state index in [-0.39, 0.29) is 5.91 Å². The zero-order chi connectivity index (χ0) is 15.1. The van der Waals surface area contributed by atoms with Crippen LogP contribution in [-0.2, 0) is 25.9 Å². The van der Waals surface area contributed by atoms with Crippen LogP contribution >= 0.6 is 0 Å². The number of carbonyl (C=O) groups excluding carboxylic acids is 1. The molecule has 0 saturated heterocycles. The SMILES string of the molecule is CN1CCc2[nH]nc(C(=O)Nc3cnc4n3CCCC4)c2C1. The van der Waals surface area contributed by atoms with Gasteiger partial charge in [0.05, 0.1) is 6.20 Å². The fraction of sp³-hybridized carbons (Fsp3) is 0.533. The minimum Gasteiger partial charge on any atom is -0.315 e. The fourth-order valence-electron chi connectivity index (χ4n) is 3.31. The van der Waals surface area contributed by atoms with Crippen molar-refractivity contribution >= 4 is 11.7 Å². The first-order valence-corrected chi connectivity index (χ1v) is 7.83. The molecule has 1 amide bonds. The lowest BCUT2D eigenvalue weighted by Crippen LogP contribution is -2.28. The molecule has 0 unspecified atom stereocenters. The second kappa shape index (κ2) is 5.24. The van der Waals surface area contributed by atoms with Crippen molar-refractivity contribution < 1.29 is 4.79 Å². The zero-order valence-corrected chi connectivity index (χ0v) is 12.7. The number of rotatable bonds is 2. The molecule has 2 aliphatic heterocycles. The molecule has 0 spiro atoms. The van der Waals surface area contributed by atoms with Gasteiger partial charge in [0, 0.05) is 43.7 Å². The van der Waals surface area contributed by atoms with Crippen molar-refractivity contribution in [1.29, 1.82) is 0 Å². The number of likely N-dealkylation sites (N-methyl/N-ethyl adjacent to an activating group) is 1. The number of nitrogens with one attached hydrogen (secondary N) is 2. The lowest BCUT2D eigenvalue weighted by Gasteiger charge is -2.22. The number of fused-ring (bicyclic) bond motifs is 2. The van der Waals surface area contributed by atoms with Crippen molar-refractivity contribution in [2.24, 2.45) is 0 Å². The number of imidazole rings is 1. The second-order valence-electron chi connectivity index (χ2n) is 6.14. The fourth-order valence-corrected chi connectivity index (χ4v) is 3.31. The quantitative estimate of drug-likeness (QED) is 0.873. The monoisotopic (exact) mass is 300 g/mol. The van der Waals surface area contributed by atoms with Gasteiger partial charge in [-0.15, -0.1) is 0 Å². The summed E-state index contributed by atoms with van der Waals surface area (Å²) in [7, 11) is 2.06. The molecule has 0 atom stereocenters. The molecule has 22 heavy (non-hydrogen) atoms. The van der Waals surface area contributed by atoms with Gasteiger partial charge in [0.1, 0.15) is 11.6 Å². The number of aryl methyl sites for hydroxylation is 1. The van der Waals surface area contributed by atoms with Crippen LogP contribution in [0.4, 0.5) is 5.82 Å². The van der Waals surface area contributed by atoms with Gasteiger partial charge in [-0.05, 0) is 19.9 Å². The lowest BCUT2D eigenvalue weighted by molar-refractivity contribution is 0.101. The van der Waals surface area contributed by atoms with Gasteiger partial charge in [-0.1, -0.05) is 0 Å². The minimum absolute atomic E-state index is 0.152. The van der Waals surface area contributed by atoms with Crippen LogP contribution < -0.4 is 5.32 Å². The summed E-state index contributed by atoms with van der Waals surface area (Å²) in [5, 5.41) is 10.2. The Bertz CT molecular complexity index is 716. The van der Waals surface area contributed by atoms with Crippen LogP contribution in [0, 0.1) is 0 Å². The molecule has 7 heteroatoms. The molecule has 2 N–H and O–H groups in total. The van der Waals surface area contributed by atoms with E-state index >= 15 is 0 Å². The number of carbonyl (C=O) groups is 1. The van der Waals surface area contributed by atoms with Crippen molar-refractivity contribution in [3.63, 3.8) is 0 Å². The van der Waals surface area contributed by atoms with Crippen LogP contribution in [0.25, 0.3) is 0 Å². The maximum absolute atomic E-state index is 12.6. The molecular formula is C15H20N6O. The van der Waals surface area contributed by atoms with Gasteiger partial charge in [-0.2, -0.15) is 5.10 Å². The van der Waals surface area contributed by atoms with Gasteiger partial charge in [0.2, 0.25) is 0 Å². The molecule has 0 radical (unpaired) electrons. The highest BCUT2D eigenvalue weighted by molar-refractivity contribution is 6.03. The maximum atomic E-state index is 12.6. The first-order chi connectivity index (χ1) is 10.7. The van der Waals surface area contributed by atoms with Crippen molar-refractivity contribution in [3.05, 3.63) is 29.0 Å². The third kappa shape index (κ3) is 2.21. The van der Waals surface area contributed by atoms with Crippen LogP contribution in [0.3, 0.4) is 0 Å². The molecule has 0 aliphatic carbocycles. The molecule has 4 rings (SSSR count). The summed E-state index contributed by atoms with van der Waals surface area (Å²) in [5.74, 6) is 1.69. The highest BCUT2D eigenvalue weighted by atomic mass is 16.2. The molecule has 0 aromatic carbocycles. The molecule has 0 fully saturated rings. The molecule has 0 bridgehead atoms. The Morgan fingerprint density at radius 3 is 3.14 bits per heavy atom. The van der Waals surface area contributed by atoms with Gasteiger partial charge in [0.15, 0.2) is 5.69 Å². The lowest BCUT2D eigenvalue weighted by atomic mass is 10.1. The highest BCUT2D eigenvalue weighted by Crippen LogP contribution is 2.22. The largest absolute Gasteiger partial charge is 0.315 e. The highest BCUT2D eigenvalue weighted by Gasteiger charge is 2.25. The standard InChI is InChI=1S/C15H20N6O/c1-20-7-5-11-10(9-20)14(19-18-11)15(22)17-13-8-16-12-4-2-3-6-21(12)13/h8H,2-7,9H2,1H3,(H,17,22)(H,18,19). The van der Waals surface area contributed by atoms with Gasteiger partial charge in [-0.25, -0.2) is 4.98 Å². The number of hydrogen-bond acceptors (Lipinski definition) is 4. The van der Waals surface area contributed by atoms with Crippen molar-refractivity contribution in [2.75, 3.05) is 18.9 Å². The predicted molar refractivity (Wildman–Crippen MR) is 81.7 cm³/mol. The number of H-pyrrole nitrogens is 1. The van der Waals surface area contributed by atoms with Gasteiger partial charge in [-0.3, -0.25) is 9.89 Å². The zero-order valence-electron chi connectivity index (χ0n) is 12.7. The second-order valence-corrected chi connectivity index (χ2v) is 6.14. The summed E-state index contributed by atoms with van der Waals surface area (Å²) in [6, 6.07) is 0. The van der Waals surface area contributed by atoms with Crippen molar-refractivity contribution in [2.45, 2.75) is 38.8 Å². The molecule has 2 aliphatic rings. The summed E-state index contributed by atoms with van der Waals surface area (Å²) in [6.07, 6.45) is 5.95. The number of amides is 1. The third-order valence-electron chi connectivity index (χ3n) is 4.55. The average Bonchev–Trinajstić information content (AvgIpc) is 3.11. The molecule has 116 valence electrons. The number of anilines is 1. The van der Waals surface area contributed by atoms with E-state index in [0.717, 1.165) is 61.8 Å². The molecule has 4 heterocycles.